The third-order valence-corrected chi connectivity index (χ3v) is 5.91. The molecule has 28 heavy (non-hydrogen) atoms. The number of aliphatic hydroxyl groups is 1. The molecule has 0 fully saturated rings. The lowest BCUT2D eigenvalue weighted by Crippen LogP contribution is -2.30. The molecule has 1 heterocycles. The molecule has 1 aliphatic rings. The number of sulfonamides is 1. The van der Waals surface area contributed by atoms with E-state index in [0.29, 0.717) is 21.6 Å². The van der Waals surface area contributed by atoms with Crippen LogP contribution < -0.4 is 14.2 Å². The molecule has 0 unspecified atom stereocenters. The van der Waals surface area contributed by atoms with Crippen LogP contribution in [-0.2, 0) is 32.4 Å². The van der Waals surface area contributed by atoms with Crippen molar-refractivity contribution >= 4 is 25.9 Å². The predicted octanol–water partition coefficient (Wildman–Crippen LogP) is 0.922. The number of halogens is 1. The molecular weight excluding hydrogens is 413 g/mol. The molecule has 12 heteroatoms. The van der Waals surface area contributed by atoms with E-state index < -0.39 is 49.1 Å². The lowest BCUT2D eigenvalue weighted by Gasteiger charge is -2.17. The van der Waals surface area contributed by atoms with Crippen molar-refractivity contribution in [2.24, 2.45) is 5.14 Å². The van der Waals surface area contributed by atoms with Gasteiger partial charge in [-0.1, -0.05) is 24.3 Å². The summed E-state index contributed by atoms with van der Waals surface area (Å²) in [5.74, 6) is -2.84. The zero-order chi connectivity index (χ0) is 20.7. The average Bonchev–Trinajstić information content (AvgIpc) is 2.80. The minimum Gasteiger partial charge on any atom is -0.506 e. The van der Waals surface area contributed by atoms with Crippen LogP contribution in [0.25, 0.3) is 0 Å². The molecule has 3 rings (SSSR count). The van der Waals surface area contributed by atoms with Crippen molar-refractivity contribution in [1.29, 1.82) is 0 Å². The number of nitrogens with one attached hydrogen (secondary N) is 1. The van der Waals surface area contributed by atoms with Crippen LogP contribution >= 0.6 is 0 Å². The Hall–Kier alpha value is -2.83. The number of phenols is 1. The Morgan fingerprint density at radius 3 is 2.32 bits per heavy atom. The number of phenolic OH excluding ortho intramolecular Hbond substituents is 1. The van der Waals surface area contributed by atoms with Crippen molar-refractivity contribution in [1.82, 2.24) is 4.72 Å². The van der Waals surface area contributed by atoms with Crippen LogP contribution in [0.1, 0.15) is 16.7 Å². The molecule has 9 nitrogen and oxygen atoms in total. The van der Waals surface area contributed by atoms with Gasteiger partial charge in [0.15, 0.2) is 5.82 Å². The molecule has 1 aliphatic heterocycles. The number of aromatic hydroxyl groups is 1. The third-order valence-electron chi connectivity index (χ3n) is 3.93. The second kappa shape index (κ2) is 6.96. The third kappa shape index (κ3) is 4.18. The smallest absolute Gasteiger partial charge is 0.330 e. The minimum atomic E-state index is -4.27. The number of primary sulfonamides is 1. The highest BCUT2D eigenvalue weighted by Crippen LogP contribution is 2.36. The monoisotopic (exact) mass is 429 g/mol. The van der Waals surface area contributed by atoms with Crippen molar-refractivity contribution in [3.63, 3.8) is 0 Å². The van der Waals surface area contributed by atoms with Gasteiger partial charge in [-0.25, -0.2) is 27.0 Å². The van der Waals surface area contributed by atoms with Crippen LogP contribution in [0.2, 0.25) is 0 Å². The molecule has 0 aliphatic carbocycles. The van der Waals surface area contributed by atoms with E-state index in [0.717, 1.165) is 12.1 Å². The van der Waals surface area contributed by atoms with Crippen LogP contribution in [0.3, 0.4) is 0 Å². The summed E-state index contributed by atoms with van der Waals surface area (Å²) in [4.78, 5) is 0. The summed E-state index contributed by atoms with van der Waals surface area (Å²) in [6.07, 6.45) is 0.789. The van der Waals surface area contributed by atoms with Crippen molar-refractivity contribution in [3.8, 4) is 5.75 Å². The highest BCUT2D eigenvalue weighted by atomic mass is 32.2. The van der Waals surface area contributed by atoms with Gasteiger partial charge in [0.1, 0.15) is 11.4 Å². The SMILES string of the molecule is NS(=O)(=O)Cc1ccccc1Cc1cc(O)c(N2C=C(O)NS2(=O)=O)c(F)c1. The molecule has 5 N–H and O–H groups in total. The van der Waals surface area contributed by atoms with Gasteiger partial charge in [0.2, 0.25) is 15.9 Å². The fourth-order valence-electron chi connectivity index (χ4n) is 2.84. The number of benzene rings is 2. The molecule has 0 radical (unpaired) electrons. The number of nitrogens with two attached hydrogens (primary N) is 1. The highest BCUT2D eigenvalue weighted by Gasteiger charge is 2.33. The fraction of sp³-hybridized carbons (Fsp3) is 0.125. The number of hydrogen-bond donors (Lipinski definition) is 4. The Labute approximate surface area is 160 Å². The number of anilines is 1. The van der Waals surface area contributed by atoms with Gasteiger partial charge in [0.05, 0.1) is 12.0 Å². The number of hydrogen-bond acceptors (Lipinski definition) is 6. The van der Waals surface area contributed by atoms with E-state index in [1.54, 1.807) is 29.0 Å². The standard InChI is InChI=1S/C16H16FN3O6S2/c17-13-6-10(5-11-3-1-2-4-12(11)9-27(18,23)24)7-14(21)16(13)20-8-15(22)19-28(20,25)26/h1-4,6-8,19,21-22H,5,9H2,(H2,18,23,24). The van der Waals surface area contributed by atoms with Gasteiger partial charge >= 0.3 is 10.2 Å². The first-order chi connectivity index (χ1) is 13.0. The van der Waals surface area contributed by atoms with E-state index in [2.05, 4.69) is 0 Å². The zero-order valence-corrected chi connectivity index (χ0v) is 15.8. The van der Waals surface area contributed by atoms with Gasteiger partial charge in [0.25, 0.3) is 0 Å². The predicted molar refractivity (Wildman–Crippen MR) is 99.4 cm³/mol. The highest BCUT2D eigenvalue weighted by molar-refractivity contribution is 7.91. The topological polar surface area (TPSA) is 150 Å². The Bertz CT molecular complexity index is 1160. The summed E-state index contributed by atoms with van der Waals surface area (Å²) in [5, 5.41) is 24.6. The molecule has 0 atom stereocenters. The summed E-state index contributed by atoms with van der Waals surface area (Å²) in [6, 6.07) is 8.68. The largest absolute Gasteiger partial charge is 0.506 e. The molecule has 0 saturated carbocycles. The van der Waals surface area contributed by atoms with Crippen molar-refractivity contribution in [2.45, 2.75) is 12.2 Å². The molecule has 0 amide bonds. The lowest BCUT2D eigenvalue weighted by molar-refractivity contribution is 0.392. The number of rotatable bonds is 5. The van der Waals surface area contributed by atoms with Crippen LogP contribution in [-0.4, -0.2) is 27.0 Å². The molecule has 0 aromatic heterocycles. The molecule has 0 spiro atoms. The summed E-state index contributed by atoms with van der Waals surface area (Å²) in [6.45, 7) is 0. The van der Waals surface area contributed by atoms with E-state index >= 15 is 0 Å². The Balaban J connectivity index is 1.97. The lowest BCUT2D eigenvalue weighted by atomic mass is 10.00. The molecule has 0 bridgehead atoms. The second-order valence-electron chi connectivity index (χ2n) is 6.12. The number of aliphatic hydroxyl groups excluding tert-OH is 1. The quantitative estimate of drug-likeness (QED) is 0.555. The molecule has 2 aromatic carbocycles. The van der Waals surface area contributed by atoms with Gasteiger partial charge < -0.3 is 10.2 Å². The molecule has 2 aromatic rings. The van der Waals surface area contributed by atoms with E-state index in [-0.39, 0.29) is 12.0 Å². The van der Waals surface area contributed by atoms with E-state index in [9.17, 15) is 31.4 Å². The van der Waals surface area contributed by atoms with Crippen molar-refractivity contribution in [3.05, 3.63) is 71.0 Å². The molecule has 0 saturated heterocycles. The first-order valence-corrected chi connectivity index (χ1v) is 10.9. The van der Waals surface area contributed by atoms with E-state index in [1.807, 2.05) is 0 Å². The van der Waals surface area contributed by atoms with Crippen molar-refractivity contribution in [2.75, 3.05) is 4.31 Å². The maximum Gasteiger partial charge on any atom is 0.330 e. The zero-order valence-electron chi connectivity index (χ0n) is 14.2. The van der Waals surface area contributed by atoms with Gasteiger partial charge in [0, 0.05) is 0 Å². The Morgan fingerprint density at radius 2 is 1.79 bits per heavy atom. The van der Waals surface area contributed by atoms with Crippen molar-refractivity contribution < 1.29 is 31.4 Å². The minimum absolute atomic E-state index is 0.0720. The first-order valence-electron chi connectivity index (χ1n) is 7.78. The Kier molecular flexibility index (Phi) is 4.95. The number of nitrogens with zero attached hydrogens (tertiary/aromatic N) is 1. The van der Waals surface area contributed by atoms with Crippen LogP contribution in [0, 0.1) is 5.82 Å². The van der Waals surface area contributed by atoms with Crippen LogP contribution in [0.5, 0.6) is 5.75 Å². The van der Waals surface area contributed by atoms with Gasteiger partial charge in [-0.15, -0.1) is 0 Å². The Morgan fingerprint density at radius 1 is 1.14 bits per heavy atom. The summed E-state index contributed by atoms with van der Waals surface area (Å²) in [7, 11) is -8.05. The van der Waals surface area contributed by atoms with E-state index in [4.69, 9.17) is 5.14 Å². The van der Waals surface area contributed by atoms with Gasteiger partial charge in [-0.3, -0.25) is 0 Å². The maximum atomic E-state index is 14.6. The molecule has 150 valence electrons. The second-order valence-corrected chi connectivity index (χ2v) is 9.28. The van der Waals surface area contributed by atoms with Gasteiger partial charge in [-0.2, -0.15) is 8.42 Å². The van der Waals surface area contributed by atoms with Crippen LogP contribution in [0.15, 0.2) is 48.5 Å². The summed E-state index contributed by atoms with van der Waals surface area (Å²) >= 11 is 0. The fourth-order valence-corrected chi connectivity index (χ4v) is 4.63. The summed E-state index contributed by atoms with van der Waals surface area (Å²) < 4.78 is 63.2. The summed E-state index contributed by atoms with van der Waals surface area (Å²) in [5.41, 5.74) is 0.598. The maximum absolute atomic E-state index is 14.6. The average molecular weight is 429 g/mol. The van der Waals surface area contributed by atoms with E-state index in [1.165, 1.54) is 0 Å². The van der Waals surface area contributed by atoms with Gasteiger partial charge in [-0.05, 0) is 35.2 Å². The normalized spacial score (nSPS) is 15.9. The first kappa shape index (κ1) is 19.9. The molecular formula is C16H16FN3O6S2. The van der Waals surface area contributed by atoms with Crippen LogP contribution in [0.4, 0.5) is 10.1 Å².